The van der Waals surface area contributed by atoms with Gasteiger partial charge in [-0.3, -0.25) is 4.79 Å². The van der Waals surface area contributed by atoms with E-state index in [9.17, 15) is 4.79 Å². The molecule has 0 spiro atoms. The Morgan fingerprint density at radius 1 is 0.966 bits per heavy atom. The average Bonchev–Trinajstić information content (AvgIpc) is 3.25. The van der Waals surface area contributed by atoms with E-state index in [1.54, 1.807) is 12.1 Å². The van der Waals surface area contributed by atoms with Gasteiger partial charge in [0, 0.05) is 16.8 Å². The first-order chi connectivity index (χ1) is 14.2. The van der Waals surface area contributed by atoms with Crippen LogP contribution in [-0.2, 0) is 4.79 Å². The molecule has 0 aliphatic carbocycles. The largest absolute Gasteiger partial charge is 0.484 e. The molecule has 3 aromatic carbocycles. The van der Waals surface area contributed by atoms with Crippen molar-refractivity contribution in [2.75, 3.05) is 11.9 Å². The molecule has 6 nitrogen and oxygen atoms in total. The van der Waals surface area contributed by atoms with Crippen molar-refractivity contribution in [2.45, 2.75) is 6.92 Å². The van der Waals surface area contributed by atoms with Gasteiger partial charge in [0.1, 0.15) is 5.75 Å². The smallest absolute Gasteiger partial charge is 0.262 e. The minimum absolute atomic E-state index is 0.0979. The number of para-hydroxylation sites is 1. The van der Waals surface area contributed by atoms with Crippen molar-refractivity contribution >= 4 is 11.6 Å². The van der Waals surface area contributed by atoms with Gasteiger partial charge in [0.25, 0.3) is 11.8 Å². The molecule has 0 aliphatic rings. The lowest BCUT2D eigenvalue weighted by Gasteiger charge is -2.09. The molecule has 0 saturated heterocycles. The minimum atomic E-state index is -0.226. The Balaban J connectivity index is 1.42. The third-order valence-corrected chi connectivity index (χ3v) is 4.33. The van der Waals surface area contributed by atoms with Crippen molar-refractivity contribution in [2.24, 2.45) is 0 Å². The number of hydrogen-bond donors (Lipinski definition) is 1. The second kappa shape index (κ2) is 8.39. The van der Waals surface area contributed by atoms with Crippen LogP contribution in [0.4, 0.5) is 5.69 Å². The molecule has 0 radical (unpaired) electrons. The number of aryl methyl sites for hydroxylation is 1. The Morgan fingerprint density at radius 3 is 2.55 bits per heavy atom. The van der Waals surface area contributed by atoms with E-state index in [1.165, 1.54) is 0 Å². The number of anilines is 1. The normalized spacial score (nSPS) is 10.5. The van der Waals surface area contributed by atoms with Crippen LogP contribution in [-0.4, -0.2) is 22.7 Å². The van der Waals surface area contributed by atoms with Crippen molar-refractivity contribution in [3.05, 3.63) is 84.4 Å². The SMILES string of the molecule is Cc1ccccc1NC(=O)COc1cccc(-c2noc(-c3ccccc3)n2)c1. The Hall–Kier alpha value is -3.93. The second-order valence-corrected chi connectivity index (χ2v) is 6.47. The molecule has 4 aromatic rings. The number of benzene rings is 3. The number of rotatable bonds is 6. The zero-order chi connectivity index (χ0) is 20.1. The fourth-order valence-electron chi connectivity index (χ4n) is 2.81. The van der Waals surface area contributed by atoms with Gasteiger partial charge in [-0.05, 0) is 42.8 Å². The molecule has 1 heterocycles. The lowest BCUT2D eigenvalue weighted by atomic mass is 10.2. The molecule has 0 aliphatic heterocycles. The van der Waals surface area contributed by atoms with Gasteiger partial charge in [0.05, 0.1) is 0 Å². The summed E-state index contributed by atoms with van der Waals surface area (Å²) < 4.78 is 11.0. The number of ether oxygens (including phenoxy) is 1. The second-order valence-electron chi connectivity index (χ2n) is 6.47. The predicted octanol–water partition coefficient (Wildman–Crippen LogP) is 4.73. The first kappa shape index (κ1) is 18.4. The molecule has 0 fully saturated rings. The summed E-state index contributed by atoms with van der Waals surface area (Å²) in [5.74, 6) is 1.23. The molecule has 1 N–H and O–H groups in total. The molecule has 0 unspecified atom stereocenters. The van der Waals surface area contributed by atoms with E-state index in [2.05, 4.69) is 15.5 Å². The standard InChI is InChI=1S/C23H19N3O3/c1-16-8-5-6-13-20(16)24-21(27)15-28-19-12-7-11-18(14-19)22-25-23(29-26-22)17-9-3-2-4-10-17/h2-14H,15H2,1H3,(H,24,27). The number of nitrogens with zero attached hydrogens (tertiary/aromatic N) is 2. The first-order valence-electron chi connectivity index (χ1n) is 9.17. The van der Waals surface area contributed by atoms with Crippen LogP contribution in [0.3, 0.4) is 0 Å². The number of hydrogen-bond acceptors (Lipinski definition) is 5. The van der Waals surface area contributed by atoms with Crippen LogP contribution in [0.15, 0.2) is 83.4 Å². The minimum Gasteiger partial charge on any atom is -0.484 e. The van der Waals surface area contributed by atoms with E-state index in [4.69, 9.17) is 9.26 Å². The molecule has 144 valence electrons. The summed E-state index contributed by atoms with van der Waals surface area (Å²) in [6, 6.07) is 24.4. The zero-order valence-corrected chi connectivity index (χ0v) is 15.8. The van der Waals surface area contributed by atoms with Crippen molar-refractivity contribution in [3.8, 4) is 28.6 Å². The topological polar surface area (TPSA) is 77.2 Å². The number of nitrogens with one attached hydrogen (secondary N) is 1. The zero-order valence-electron chi connectivity index (χ0n) is 15.8. The highest BCUT2D eigenvalue weighted by Gasteiger charge is 2.11. The van der Waals surface area contributed by atoms with Gasteiger partial charge in [-0.2, -0.15) is 4.98 Å². The molecule has 0 atom stereocenters. The van der Waals surface area contributed by atoms with Gasteiger partial charge in [0.2, 0.25) is 5.82 Å². The highest BCUT2D eigenvalue weighted by molar-refractivity contribution is 5.92. The highest BCUT2D eigenvalue weighted by atomic mass is 16.5. The molecule has 0 saturated carbocycles. The molecule has 6 heteroatoms. The monoisotopic (exact) mass is 385 g/mol. The third kappa shape index (κ3) is 4.50. The molecule has 0 bridgehead atoms. The number of amides is 1. The lowest BCUT2D eigenvalue weighted by Crippen LogP contribution is -2.20. The molecule has 4 rings (SSSR count). The maximum atomic E-state index is 12.2. The molecular formula is C23H19N3O3. The predicted molar refractivity (Wildman–Crippen MR) is 110 cm³/mol. The van der Waals surface area contributed by atoms with E-state index in [0.717, 1.165) is 22.4 Å². The van der Waals surface area contributed by atoms with E-state index >= 15 is 0 Å². The first-order valence-corrected chi connectivity index (χ1v) is 9.17. The summed E-state index contributed by atoms with van der Waals surface area (Å²) in [5.41, 5.74) is 3.36. The summed E-state index contributed by atoms with van der Waals surface area (Å²) in [6.07, 6.45) is 0. The van der Waals surface area contributed by atoms with Gasteiger partial charge < -0.3 is 14.6 Å². The van der Waals surface area contributed by atoms with E-state index in [-0.39, 0.29) is 12.5 Å². The number of carbonyl (C=O) groups is 1. The quantitative estimate of drug-likeness (QED) is 0.519. The Labute approximate surface area is 168 Å². The van der Waals surface area contributed by atoms with Crippen LogP contribution in [0.2, 0.25) is 0 Å². The van der Waals surface area contributed by atoms with Crippen LogP contribution in [0.25, 0.3) is 22.8 Å². The Kier molecular flexibility index (Phi) is 5.33. The van der Waals surface area contributed by atoms with Gasteiger partial charge in [-0.25, -0.2) is 0 Å². The van der Waals surface area contributed by atoms with Gasteiger partial charge in [-0.15, -0.1) is 0 Å². The van der Waals surface area contributed by atoms with Crippen LogP contribution in [0, 0.1) is 6.92 Å². The van der Waals surface area contributed by atoms with E-state index in [0.29, 0.717) is 17.5 Å². The van der Waals surface area contributed by atoms with Gasteiger partial charge in [-0.1, -0.05) is 53.7 Å². The third-order valence-electron chi connectivity index (χ3n) is 4.33. The maximum Gasteiger partial charge on any atom is 0.262 e. The van der Waals surface area contributed by atoms with Crippen LogP contribution >= 0.6 is 0 Å². The lowest BCUT2D eigenvalue weighted by molar-refractivity contribution is -0.118. The molecule has 29 heavy (non-hydrogen) atoms. The van der Waals surface area contributed by atoms with Gasteiger partial charge >= 0.3 is 0 Å². The van der Waals surface area contributed by atoms with Crippen LogP contribution < -0.4 is 10.1 Å². The molecule has 1 amide bonds. The highest BCUT2D eigenvalue weighted by Crippen LogP contribution is 2.25. The Bertz CT molecular complexity index is 1120. The van der Waals surface area contributed by atoms with Crippen molar-refractivity contribution < 1.29 is 14.1 Å². The summed E-state index contributed by atoms with van der Waals surface area (Å²) in [7, 11) is 0. The Morgan fingerprint density at radius 2 is 1.72 bits per heavy atom. The maximum absolute atomic E-state index is 12.2. The molecule has 1 aromatic heterocycles. The van der Waals surface area contributed by atoms with Gasteiger partial charge in [0.15, 0.2) is 6.61 Å². The molecular weight excluding hydrogens is 366 g/mol. The number of aromatic nitrogens is 2. The van der Waals surface area contributed by atoms with Crippen LogP contribution in [0.5, 0.6) is 5.75 Å². The van der Waals surface area contributed by atoms with E-state index in [1.807, 2.05) is 73.7 Å². The van der Waals surface area contributed by atoms with E-state index < -0.39 is 0 Å². The fraction of sp³-hybridized carbons (Fsp3) is 0.0870. The van der Waals surface area contributed by atoms with Crippen molar-refractivity contribution in [1.29, 1.82) is 0 Å². The summed E-state index contributed by atoms with van der Waals surface area (Å²) in [4.78, 5) is 16.6. The summed E-state index contributed by atoms with van der Waals surface area (Å²) >= 11 is 0. The van der Waals surface area contributed by atoms with Crippen molar-refractivity contribution in [3.63, 3.8) is 0 Å². The fourth-order valence-corrected chi connectivity index (χ4v) is 2.81. The average molecular weight is 385 g/mol. The van der Waals surface area contributed by atoms with Crippen LogP contribution in [0.1, 0.15) is 5.56 Å². The summed E-state index contributed by atoms with van der Waals surface area (Å²) in [6.45, 7) is 1.84. The number of carbonyl (C=O) groups excluding carboxylic acids is 1. The van der Waals surface area contributed by atoms with Crippen molar-refractivity contribution in [1.82, 2.24) is 10.1 Å². The summed E-state index contributed by atoms with van der Waals surface area (Å²) in [5, 5.41) is 6.89.